The number of thioether (sulfide) groups is 2. The molecule has 2 aromatic carbocycles. The van der Waals surface area contributed by atoms with Crippen molar-refractivity contribution in [2.24, 2.45) is 0 Å². The molecule has 0 aliphatic carbocycles. The molecule has 0 saturated heterocycles. The smallest absolute Gasteiger partial charge is 0.114 e. The summed E-state index contributed by atoms with van der Waals surface area (Å²) < 4.78 is 0.926. The predicted molar refractivity (Wildman–Crippen MR) is 110 cm³/mol. The molecule has 2 rings (SSSR count). The molecule has 0 heterocycles. The zero-order valence-electron chi connectivity index (χ0n) is 12.6. The fraction of sp³-hybridized carbons (Fsp3) is 0.167. The molecular formula is C18H15NS4. The molecule has 0 N–H and O–H groups in total. The van der Waals surface area contributed by atoms with E-state index in [9.17, 15) is 5.26 Å². The summed E-state index contributed by atoms with van der Waals surface area (Å²) >= 11 is 13.9. The van der Waals surface area contributed by atoms with Crippen LogP contribution < -0.4 is 0 Å². The Morgan fingerprint density at radius 1 is 0.957 bits per heavy atom. The second kappa shape index (κ2) is 8.60. The lowest BCUT2D eigenvalue weighted by atomic mass is 10.2. The molecule has 0 aliphatic heterocycles. The minimum atomic E-state index is -0.615. The summed E-state index contributed by atoms with van der Waals surface area (Å²) in [7, 11) is 0. The summed E-state index contributed by atoms with van der Waals surface area (Å²) in [4.78, 5) is 0. The Balaban J connectivity index is 1.99. The highest BCUT2D eigenvalue weighted by atomic mass is 32.2. The number of rotatable bonds is 5. The maximum Gasteiger partial charge on any atom is 0.114 e. The molecule has 1 nitrogen and oxygen atoms in total. The van der Waals surface area contributed by atoms with E-state index in [-0.39, 0.29) is 0 Å². The van der Waals surface area contributed by atoms with Gasteiger partial charge in [-0.3, -0.25) is 0 Å². The molecule has 5 heteroatoms. The van der Waals surface area contributed by atoms with Crippen molar-refractivity contribution in [1.82, 2.24) is 0 Å². The third kappa shape index (κ3) is 5.43. The van der Waals surface area contributed by atoms with Crippen molar-refractivity contribution in [2.75, 3.05) is 5.75 Å². The summed E-state index contributed by atoms with van der Waals surface area (Å²) in [5.41, 5.74) is 1.99. The van der Waals surface area contributed by atoms with Crippen LogP contribution in [-0.2, 0) is 0 Å². The molecule has 2 aromatic rings. The Bertz CT molecular complexity index is 722. The van der Waals surface area contributed by atoms with Crippen LogP contribution in [0, 0.1) is 11.3 Å². The van der Waals surface area contributed by atoms with E-state index >= 15 is 0 Å². The number of hydrogen-bond donors (Lipinski definition) is 0. The van der Waals surface area contributed by atoms with Crippen molar-refractivity contribution in [2.45, 2.75) is 11.7 Å². The largest absolute Gasteiger partial charge is 0.197 e. The highest BCUT2D eigenvalue weighted by molar-refractivity contribution is 8.27. The molecular weight excluding hydrogens is 358 g/mol. The van der Waals surface area contributed by atoms with Crippen molar-refractivity contribution in [1.29, 1.82) is 5.26 Å². The zero-order valence-corrected chi connectivity index (χ0v) is 15.8. The van der Waals surface area contributed by atoms with Gasteiger partial charge in [-0.2, -0.15) is 5.26 Å². The highest BCUT2D eigenvalue weighted by Crippen LogP contribution is 2.33. The first kappa shape index (κ1) is 18.2. The fourth-order valence-corrected chi connectivity index (χ4v) is 4.68. The normalized spacial score (nSPS) is 12.9. The topological polar surface area (TPSA) is 23.8 Å². The van der Waals surface area contributed by atoms with Gasteiger partial charge in [0.05, 0.1) is 14.5 Å². The number of thiocarbonyl (C=S) groups is 2. The molecule has 0 spiro atoms. The van der Waals surface area contributed by atoms with E-state index in [4.69, 9.17) is 24.4 Å². The van der Waals surface area contributed by atoms with Crippen LogP contribution in [0.25, 0.3) is 0 Å². The SMILES string of the molecule is CC(C#N)(CSC(=S)c1ccccc1)SC(=S)c1ccccc1. The van der Waals surface area contributed by atoms with E-state index < -0.39 is 4.75 Å². The minimum Gasteiger partial charge on any atom is -0.197 e. The Morgan fingerprint density at radius 3 is 1.91 bits per heavy atom. The first-order valence-corrected chi connectivity index (χ1v) is 9.58. The first-order valence-electron chi connectivity index (χ1n) is 6.96. The Labute approximate surface area is 156 Å². The summed E-state index contributed by atoms with van der Waals surface area (Å²) in [6.45, 7) is 1.91. The monoisotopic (exact) mass is 373 g/mol. The van der Waals surface area contributed by atoms with Crippen LogP contribution in [0.15, 0.2) is 60.7 Å². The van der Waals surface area contributed by atoms with Crippen LogP contribution in [0.1, 0.15) is 18.1 Å². The lowest BCUT2D eigenvalue weighted by Crippen LogP contribution is -2.24. The van der Waals surface area contributed by atoms with E-state index in [1.807, 2.05) is 67.6 Å². The third-order valence-corrected chi connectivity index (χ3v) is 6.64. The molecule has 0 amide bonds. The summed E-state index contributed by atoms with van der Waals surface area (Å²) in [6, 6.07) is 22.0. The van der Waals surface area contributed by atoms with Crippen molar-refractivity contribution in [3.63, 3.8) is 0 Å². The average molecular weight is 374 g/mol. The minimum absolute atomic E-state index is 0.592. The van der Waals surface area contributed by atoms with Gasteiger partial charge in [0, 0.05) is 5.75 Å². The molecule has 0 radical (unpaired) electrons. The van der Waals surface area contributed by atoms with E-state index in [0.717, 1.165) is 19.5 Å². The van der Waals surface area contributed by atoms with Crippen molar-refractivity contribution >= 4 is 56.4 Å². The maximum atomic E-state index is 9.58. The number of nitriles is 1. The highest BCUT2D eigenvalue weighted by Gasteiger charge is 2.28. The first-order chi connectivity index (χ1) is 11.0. The Hall–Kier alpha value is -1.19. The lowest BCUT2D eigenvalue weighted by Gasteiger charge is -2.21. The van der Waals surface area contributed by atoms with Crippen molar-refractivity contribution < 1.29 is 0 Å². The van der Waals surface area contributed by atoms with Crippen LogP contribution in [0.3, 0.4) is 0 Å². The molecule has 0 bridgehead atoms. The standard InChI is InChI=1S/C18H15NS4/c1-18(12-19,23-17(21)15-10-6-3-7-11-15)13-22-16(20)14-8-4-2-5-9-14/h2-11H,13H2,1H3. The summed E-state index contributed by atoms with van der Waals surface area (Å²) in [5.74, 6) is 0.592. The second-order valence-electron chi connectivity index (χ2n) is 5.04. The summed E-state index contributed by atoms with van der Waals surface area (Å²) in [6.07, 6.45) is 0. The predicted octanol–water partition coefficient (Wildman–Crippen LogP) is 5.49. The van der Waals surface area contributed by atoms with Crippen LogP contribution in [0.5, 0.6) is 0 Å². The van der Waals surface area contributed by atoms with Crippen molar-refractivity contribution in [3.05, 3.63) is 71.8 Å². The lowest BCUT2D eigenvalue weighted by molar-refractivity contribution is 0.938. The molecule has 0 aliphatic rings. The molecule has 116 valence electrons. The van der Waals surface area contributed by atoms with E-state index in [2.05, 4.69) is 6.07 Å². The van der Waals surface area contributed by atoms with Gasteiger partial charge in [-0.05, 0) is 18.1 Å². The third-order valence-electron chi connectivity index (χ3n) is 3.05. The van der Waals surface area contributed by atoms with Crippen LogP contribution in [-0.4, -0.2) is 18.9 Å². The average Bonchev–Trinajstić information content (AvgIpc) is 2.61. The van der Waals surface area contributed by atoms with Gasteiger partial charge in [-0.15, -0.1) is 11.8 Å². The van der Waals surface area contributed by atoms with Crippen LogP contribution in [0.2, 0.25) is 0 Å². The van der Waals surface area contributed by atoms with Gasteiger partial charge in [0.15, 0.2) is 0 Å². The van der Waals surface area contributed by atoms with Crippen LogP contribution in [0.4, 0.5) is 0 Å². The van der Waals surface area contributed by atoms with Gasteiger partial charge >= 0.3 is 0 Å². The Kier molecular flexibility index (Phi) is 6.79. The molecule has 0 fully saturated rings. The fourth-order valence-electron chi connectivity index (χ4n) is 1.78. The summed E-state index contributed by atoms with van der Waals surface area (Å²) in [5, 5.41) is 9.58. The van der Waals surface area contributed by atoms with Gasteiger partial charge < -0.3 is 0 Å². The molecule has 0 aromatic heterocycles. The van der Waals surface area contributed by atoms with E-state index in [1.54, 1.807) is 0 Å². The van der Waals surface area contributed by atoms with E-state index in [1.165, 1.54) is 23.5 Å². The molecule has 0 saturated carbocycles. The van der Waals surface area contributed by atoms with Crippen LogP contribution >= 0.6 is 48.0 Å². The van der Waals surface area contributed by atoms with Gasteiger partial charge in [0.25, 0.3) is 0 Å². The van der Waals surface area contributed by atoms with Gasteiger partial charge in [-0.25, -0.2) is 0 Å². The van der Waals surface area contributed by atoms with E-state index in [0.29, 0.717) is 5.75 Å². The Morgan fingerprint density at radius 2 is 1.43 bits per heavy atom. The van der Waals surface area contributed by atoms with Crippen molar-refractivity contribution in [3.8, 4) is 6.07 Å². The molecule has 1 unspecified atom stereocenters. The van der Waals surface area contributed by atoms with Gasteiger partial charge in [0.2, 0.25) is 0 Å². The molecule has 23 heavy (non-hydrogen) atoms. The number of hydrogen-bond acceptors (Lipinski definition) is 5. The number of nitrogens with zero attached hydrogens (tertiary/aromatic N) is 1. The van der Waals surface area contributed by atoms with Gasteiger partial charge in [-0.1, -0.05) is 96.9 Å². The van der Waals surface area contributed by atoms with Gasteiger partial charge in [0.1, 0.15) is 4.75 Å². The quantitative estimate of drug-likeness (QED) is 0.645. The zero-order chi connectivity index (χ0) is 16.7. The number of benzene rings is 2. The second-order valence-corrected chi connectivity index (χ2v) is 8.87. The maximum absolute atomic E-state index is 9.58. The molecule has 1 atom stereocenters.